The number of hydrogen-bond donors (Lipinski definition) is 0. The molecule has 0 saturated heterocycles. The second-order valence-electron chi connectivity index (χ2n) is 3.43. The number of halogens is 1. The number of alkyl halides is 1. The van der Waals surface area contributed by atoms with E-state index in [0.717, 1.165) is 5.71 Å². The molecule has 14 heavy (non-hydrogen) atoms. The maximum Gasteiger partial charge on any atom is 0.170 e. The number of hydrogen-bond acceptors (Lipinski definition) is 2. The van der Waals surface area contributed by atoms with E-state index >= 15 is 0 Å². The molecule has 72 valence electrons. The minimum absolute atomic E-state index is 0.0675. The van der Waals surface area contributed by atoms with Crippen molar-refractivity contribution >= 4 is 17.2 Å². The maximum absolute atomic E-state index is 12.4. The molecule has 2 rings (SSSR count). The van der Waals surface area contributed by atoms with Gasteiger partial charge < -0.3 is 0 Å². The van der Waals surface area contributed by atoms with Crippen LogP contribution in [0.3, 0.4) is 0 Å². The Morgan fingerprint density at radius 1 is 1.50 bits per heavy atom. The molecule has 2 nitrogen and oxygen atoms in total. The Kier molecular flexibility index (Phi) is 2.15. The monoisotopic (exact) mass is 191 g/mol. The van der Waals surface area contributed by atoms with Crippen LogP contribution in [0.1, 0.15) is 29.3 Å². The summed E-state index contributed by atoms with van der Waals surface area (Å²) < 4.78 is 12.4. The highest BCUT2D eigenvalue weighted by Crippen LogP contribution is 2.27. The second kappa shape index (κ2) is 3.33. The Labute approximate surface area is 81.5 Å². The van der Waals surface area contributed by atoms with Gasteiger partial charge in [0.25, 0.3) is 0 Å². The molecule has 0 saturated carbocycles. The Morgan fingerprint density at radius 2 is 2.29 bits per heavy atom. The van der Waals surface area contributed by atoms with Crippen LogP contribution < -0.4 is 0 Å². The Morgan fingerprint density at radius 3 is 3.00 bits per heavy atom. The van der Waals surface area contributed by atoms with E-state index in [9.17, 15) is 9.18 Å². The number of nitrogens with zero attached hydrogens (tertiary/aromatic N) is 1. The van der Waals surface area contributed by atoms with Crippen LogP contribution in [0.5, 0.6) is 0 Å². The van der Waals surface area contributed by atoms with Gasteiger partial charge in [0.05, 0.1) is 5.69 Å². The SMILES string of the molecule is CC1=Nc2cc(CF)ccc2C(=O)C1. The highest BCUT2D eigenvalue weighted by molar-refractivity contribution is 6.15. The summed E-state index contributed by atoms with van der Waals surface area (Å²) in [7, 11) is 0. The Bertz CT molecular complexity index is 423. The van der Waals surface area contributed by atoms with Gasteiger partial charge in [-0.15, -0.1) is 0 Å². The zero-order valence-corrected chi connectivity index (χ0v) is 7.88. The molecule has 0 bridgehead atoms. The summed E-state index contributed by atoms with van der Waals surface area (Å²) in [6, 6.07) is 4.92. The van der Waals surface area contributed by atoms with E-state index in [-0.39, 0.29) is 5.78 Å². The van der Waals surface area contributed by atoms with E-state index in [1.54, 1.807) is 18.2 Å². The van der Waals surface area contributed by atoms with Crippen molar-refractivity contribution in [1.82, 2.24) is 0 Å². The lowest BCUT2D eigenvalue weighted by atomic mass is 9.99. The van der Waals surface area contributed by atoms with Crippen LogP contribution in [-0.4, -0.2) is 11.5 Å². The van der Waals surface area contributed by atoms with Crippen LogP contribution >= 0.6 is 0 Å². The number of carbonyl (C=O) groups excluding carboxylic acids is 1. The van der Waals surface area contributed by atoms with E-state index in [1.807, 2.05) is 6.92 Å². The normalized spacial score (nSPS) is 15.0. The number of fused-ring (bicyclic) bond motifs is 1. The van der Waals surface area contributed by atoms with Crippen molar-refractivity contribution in [3.05, 3.63) is 29.3 Å². The minimum Gasteiger partial charge on any atom is -0.294 e. The molecule has 1 aliphatic heterocycles. The molecule has 0 aromatic heterocycles. The molecule has 0 amide bonds. The second-order valence-corrected chi connectivity index (χ2v) is 3.43. The predicted octanol–water partition coefficient (Wildman–Crippen LogP) is 2.83. The van der Waals surface area contributed by atoms with Crippen LogP contribution in [-0.2, 0) is 6.67 Å². The third-order valence-electron chi connectivity index (χ3n) is 2.24. The Hall–Kier alpha value is -1.51. The van der Waals surface area contributed by atoms with Crippen molar-refractivity contribution in [2.24, 2.45) is 4.99 Å². The van der Waals surface area contributed by atoms with Crippen molar-refractivity contribution in [3.63, 3.8) is 0 Å². The molecule has 0 fully saturated rings. The first-order chi connectivity index (χ1) is 6.70. The summed E-state index contributed by atoms with van der Waals surface area (Å²) in [5, 5.41) is 0. The average Bonchev–Trinajstić information content (AvgIpc) is 2.16. The Balaban J connectivity index is 2.55. The quantitative estimate of drug-likeness (QED) is 0.671. The van der Waals surface area contributed by atoms with E-state index in [4.69, 9.17) is 0 Å². The van der Waals surface area contributed by atoms with E-state index in [2.05, 4.69) is 4.99 Å². The van der Waals surface area contributed by atoms with Crippen LogP contribution in [0, 0.1) is 0 Å². The van der Waals surface area contributed by atoms with Crippen molar-refractivity contribution in [2.45, 2.75) is 20.0 Å². The fraction of sp³-hybridized carbons (Fsp3) is 0.273. The van der Waals surface area contributed by atoms with Crippen LogP contribution in [0.4, 0.5) is 10.1 Å². The molecule has 3 heteroatoms. The number of benzene rings is 1. The average molecular weight is 191 g/mol. The third kappa shape index (κ3) is 1.45. The summed E-state index contributed by atoms with van der Waals surface area (Å²) >= 11 is 0. The van der Waals surface area contributed by atoms with Gasteiger partial charge in [0.2, 0.25) is 0 Å². The number of carbonyl (C=O) groups is 1. The van der Waals surface area contributed by atoms with E-state index in [1.165, 1.54) is 0 Å². The number of aliphatic imine (C=N–C) groups is 1. The molecule has 0 aliphatic carbocycles. The first-order valence-corrected chi connectivity index (χ1v) is 4.47. The number of Topliss-reactive ketones (excluding diaryl/α,β-unsaturated/α-hetero) is 1. The lowest BCUT2D eigenvalue weighted by Crippen LogP contribution is -2.10. The smallest absolute Gasteiger partial charge is 0.170 e. The highest BCUT2D eigenvalue weighted by atomic mass is 19.1. The van der Waals surface area contributed by atoms with Crippen molar-refractivity contribution in [2.75, 3.05) is 0 Å². The lowest BCUT2D eigenvalue weighted by molar-refractivity contribution is 0.0999. The molecule has 1 aliphatic rings. The van der Waals surface area contributed by atoms with Gasteiger partial charge in [-0.05, 0) is 24.6 Å². The summed E-state index contributed by atoms with van der Waals surface area (Å²) in [5.74, 6) is 0.0675. The van der Waals surface area contributed by atoms with Crippen molar-refractivity contribution in [3.8, 4) is 0 Å². The van der Waals surface area contributed by atoms with Gasteiger partial charge >= 0.3 is 0 Å². The molecule has 0 atom stereocenters. The van der Waals surface area contributed by atoms with Crippen LogP contribution in [0.2, 0.25) is 0 Å². The molecule has 0 spiro atoms. The molecular formula is C11H10FNO. The van der Waals surface area contributed by atoms with Crippen LogP contribution in [0.15, 0.2) is 23.2 Å². The first-order valence-electron chi connectivity index (χ1n) is 4.47. The molecule has 1 aromatic rings. The number of rotatable bonds is 1. The van der Waals surface area contributed by atoms with Gasteiger partial charge in [-0.2, -0.15) is 0 Å². The number of ketones is 1. The lowest BCUT2D eigenvalue weighted by Gasteiger charge is -2.12. The minimum atomic E-state index is -0.518. The topological polar surface area (TPSA) is 29.4 Å². The molecule has 1 heterocycles. The fourth-order valence-corrected chi connectivity index (χ4v) is 1.56. The van der Waals surface area contributed by atoms with Gasteiger partial charge in [-0.3, -0.25) is 9.79 Å². The summed E-state index contributed by atoms with van der Waals surface area (Å²) in [6.07, 6.45) is 0.377. The van der Waals surface area contributed by atoms with Gasteiger partial charge in [-0.1, -0.05) is 6.07 Å². The predicted molar refractivity (Wildman–Crippen MR) is 53.0 cm³/mol. The molecule has 1 aromatic carbocycles. The highest BCUT2D eigenvalue weighted by Gasteiger charge is 2.17. The molecule has 0 unspecified atom stereocenters. The van der Waals surface area contributed by atoms with Crippen molar-refractivity contribution in [1.29, 1.82) is 0 Å². The van der Waals surface area contributed by atoms with E-state index < -0.39 is 6.67 Å². The molecular weight excluding hydrogens is 181 g/mol. The standard InChI is InChI=1S/C11H10FNO/c1-7-4-11(14)9-3-2-8(6-12)5-10(9)13-7/h2-3,5H,4,6H2,1H3. The van der Waals surface area contributed by atoms with Gasteiger partial charge in [0, 0.05) is 17.7 Å². The van der Waals surface area contributed by atoms with Gasteiger partial charge in [0.15, 0.2) is 5.78 Å². The van der Waals surface area contributed by atoms with Crippen LogP contribution in [0.25, 0.3) is 0 Å². The largest absolute Gasteiger partial charge is 0.294 e. The van der Waals surface area contributed by atoms with Crippen molar-refractivity contribution < 1.29 is 9.18 Å². The van der Waals surface area contributed by atoms with Gasteiger partial charge in [0.1, 0.15) is 6.67 Å². The summed E-state index contributed by atoms with van der Waals surface area (Å²) in [6.45, 7) is 1.29. The fourth-order valence-electron chi connectivity index (χ4n) is 1.56. The third-order valence-corrected chi connectivity index (χ3v) is 2.24. The maximum atomic E-state index is 12.4. The molecule has 0 radical (unpaired) electrons. The van der Waals surface area contributed by atoms with E-state index in [0.29, 0.717) is 23.2 Å². The first kappa shape index (κ1) is 9.06. The zero-order valence-electron chi connectivity index (χ0n) is 7.88. The van der Waals surface area contributed by atoms with Gasteiger partial charge in [-0.25, -0.2) is 4.39 Å². The summed E-state index contributed by atoms with van der Waals surface area (Å²) in [4.78, 5) is 15.8. The summed E-state index contributed by atoms with van der Waals surface area (Å²) in [5.41, 5.74) is 2.57. The molecule has 0 N–H and O–H groups in total. The zero-order chi connectivity index (χ0) is 10.1.